The molecule has 1 atom stereocenters. The van der Waals surface area contributed by atoms with Gasteiger partial charge in [0, 0.05) is 0 Å². The van der Waals surface area contributed by atoms with Gasteiger partial charge in [0.25, 0.3) is 0 Å². The molecule has 0 aliphatic carbocycles. The Balaban J connectivity index is 2.16. The predicted molar refractivity (Wildman–Crippen MR) is 122 cm³/mol. The number of benzene rings is 2. The van der Waals surface area contributed by atoms with Gasteiger partial charge in [-0.05, 0) is 80.0 Å². The number of hydrogen-bond acceptors (Lipinski definition) is 1. The van der Waals surface area contributed by atoms with Crippen molar-refractivity contribution in [2.75, 3.05) is 0 Å². The highest BCUT2D eigenvalue weighted by atomic mass is 19.1. The summed E-state index contributed by atoms with van der Waals surface area (Å²) in [6, 6.07) is 16.4. The summed E-state index contributed by atoms with van der Waals surface area (Å²) < 4.78 is 14.3. The van der Waals surface area contributed by atoms with E-state index in [1.54, 1.807) is 20.0 Å². The molecule has 0 heterocycles. The summed E-state index contributed by atoms with van der Waals surface area (Å²) in [5, 5.41) is 3.05. The second kappa shape index (κ2) is 10.1. The first kappa shape index (κ1) is 22.5. The smallest absolute Gasteiger partial charge is 0.130 e. The van der Waals surface area contributed by atoms with E-state index in [0.29, 0.717) is 5.92 Å². The highest BCUT2D eigenvalue weighted by molar-refractivity contribution is 5.34. The number of rotatable bonds is 9. The highest BCUT2D eigenvalue weighted by Gasteiger charge is 2.18. The van der Waals surface area contributed by atoms with Gasteiger partial charge in [0.1, 0.15) is 5.67 Å². The molecule has 1 N–H and O–H groups in total. The number of aryl methyl sites for hydroxylation is 2. The molecule has 2 heteroatoms. The van der Waals surface area contributed by atoms with Gasteiger partial charge in [0.2, 0.25) is 0 Å². The van der Waals surface area contributed by atoms with Gasteiger partial charge in [-0.25, -0.2) is 4.39 Å². The van der Waals surface area contributed by atoms with Crippen molar-refractivity contribution in [3.63, 3.8) is 0 Å². The normalized spacial score (nSPS) is 13.2. The number of nitrogens with one attached hydrogen (secondary N) is 1. The molecule has 0 aromatic heterocycles. The van der Waals surface area contributed by atoms with Crippen LogP contribution in [-0.2, 0) is 24.9 Å². The van der Waals surface area contributed by atoms with Crippen molar-refractivity contribution < 1.29 is 4.39 Å². The summed E-state index contributed by atoms with van der Waals surface area (Å²) in [5.41, 5.74) is 5.18. The molecule has 152 valence electrons. The van der Waals surface area contributed by atoms with Crippen molar-refractivity contribution in [3.8, 4) is 12.3 Å². The molecule has 0 amide bonds. The van der Waals surface area contributed by atoms with Crippen LogP contribution in [-0.4, -0.2) is 0 Å². The number of alkyl halides is 1. The zero-order valence-corrected chi connectivity index (χ0v) is 18.1. The zero-order valence-electron chi connectivity index (χ0n) is 18.1. The Morgan fingerprint density at radius 3 is 2.48 bits per heavy atom. The number of terminal acetylenes is 1. The summed E-state index contributed by atoms with van der Waals surface area (Å²) in [7, 11) is 0. The molecular weight excluding hydrogens is 357 g/mol. The Morgan fingerprint density at radius 1 is 1.17 bits per heavy atom. The third-order valence-electron chi connectivity index (χ3n) is 5.47. The maximum absolute atomic E-state index is 14.3. The van der Waals surface area contributed by atoms with Gasteiger partial charge in [-0.2, -0.15) is 0 Å². The third-order valence-corrected chi connectivity index (χ3v) is 5.47. The molecule has 0 aliphatic rings. The van der Waals surface area contributed by atoms with Crippen LogP contribution < -0.4 is 5.32 Å². The minimum absolute atomic E-state index is 0.310. The lowest BCUT2D eigenvalue weighted by atomic mass is 9.89. The summed E-state index contributed by atoms with van der Waals surface area (Å²) in [5.74, 6) is 3.03. The predicted octanol–water partition coefficient (Wildman–Crippen LogP) is 6.50. The first-order valence-corrected chi connectivity index (χ1v) is 10.2. The molecule has 0 fully saturated rings. The molecule has 2 aromatic rings. The van der Waals surface area contributed by atoms with E-state index in [1.807, 2.05) is 18.2 Å². The fourth-order valence-electron chi connectivity index (χ4n) is 3.48. The number of allylic oxidation sites excluding steroid dienone is 2. The lowest BCUT2D eigenvalue weighted by Gasteiger charge is -2.18. The molecule has 1 unspecified atom stereocenters. The van der Waals surface area contributed by atoms with Crippen LogP contribution in [0.1, 0.15) is 49.9 Å². The largest absolute Gasteiger partial charge is 0.356 e. The molecule has 0 saturated carbocycles. The molecule has 2 rings (SSSR count). The number of hydrogen-bond donors (Lipinski definition) is 1. The van der Waals surface area contributed by atoms with E-state index >= 15 is 0 Å². The van der Waals surface area contributed by atoms with E-state index in [-0.39, 0.29) is 0 Å². The Morgan fingerprint density at radius 2 is 1.86 bits per heavy atom. The molecule has 1 nitrogen and oxygen atoms in total. The van der Waals surface area contributed by atoms with Gasteiger partial charge in [0.05, 0.1) is 5.70 Å². The second-order valence-electron chi connectivity index (χ2n) is 8.10. The topological polar surface area (TPSA) is 12.0 Å². The molecule has 29 heavy (non-hydrogen) atoms. The first-order valence-electron chi connectivity index (χ1n) is 10.2. The Hall–Kier alpha value is -2.79. The van der Waals surface area contributed by atoms with Crippen molar-refractivity contribution in [1.29, 1.82) is 0 Å². The Bertz CT molecular complexity index is 909. The first-order chi connectivity index (χ1) is 13.8. The quantitative estimate of drug-likeness (QED) is 0.483. The SMILES string of the molecule is C#C/C(NC=C)=C(/C)C(C)Cc1ccccc1CCc1cccc(C(C)(C)F)c1. The standard InChI is InChI=1S/C27H32FN/c1-7-26(29-8-2)21(4)20(3)18-24-14-10-9-13-23(24)17-16-22-12-11-15-25(19-22)27(5,6)28/h1,8-15,19-20,29H,2,16-18H2,3-6H3/b26-21+. The minimum Gasteiger partial charge on any atom is -0.356 e. The van der Waals surface area contributed by atoms with Crippen LogP contribution in [0.4, 0.5) is 4.39 Å². The lowest BCUT2D eigenvalue weighted by Crippen LogP contribution is -2.12. The number of halogens is 1. The summed E-state index contributed by atoms with van der Waals surface area (Å²) in [4.78, 5) is 0. The maximum atomic E-state index is 14.3. The third kappa shape index (κ3) is 6.36. The average molecular weight is 390 g/mol. The van der Waals surface area contributed by atoms with Gasteiger partial charge in [-0.3, -0.25) is 0 Å². The van der Waals surface area contributed by atoms with E-state index in [0.717, 1.165) is 41.7 Å². The van der Waals surface area contributed by atoms with Crippen molar-refractivity contribution in [3.05, 3.63) is 94.8 Å². The maximum Gasteiger partial charge on any atom is 0.130 e. The van der Waals surface area contributed by atoms with E-state index in [4.69, 9.17) is 6.42 Å². The monoisotopic (exact) mass is 389 g/mol. The molecular formula is C27H32FN. The molecule has 0 spiro atoms. The van der Waals surface area contributed by atoms with Crippen LogP contribution in [0.3, 0.4) is 0 Å². The van der Waals surface area contributed by atoms with E-state index in [1.165, 1.54) is 11.1 Å². The van der Waals surface area contributed by atoms with Gasteiger partial charge < -0.3 is 5.32 Å². The van der Waals surface area contributed by atoms with E-state index in [9.17, 15) is 4.39 Å². The Labute approximate surface area is 175 Å². The fourth-order valence-corrected chi connectivity index (χ4v) is 3.48. The van der Waals surface area contributed by atoms with Crippen molar-refractivity contribution in [2.24, 2.45) is 5.92 Å². The van der Waals surface area contributed by atoms with Crippen LogP contribution in [0, 0.1) is 18.3 Å². The summed E-state index contributed by atoms with van der Waals surface area (Å²) in [6.07, 6.45) is 9.98. The second-order valence-corrected chi connectivity index (χ2v) is 8.10. The molecule has 0 bridgehead atoms. The summed E-state index contributed by atoms with van der Waals surface area (Å²) in [6.45, 7) is 11.2. The molecule has 0 radical (unpaired) electrons. The minimum atomic E-state index is -1.32. The summed E-state index contributed by atoms with van der Waals surface area (Å²) >= 11 is 0. The van der Waals surface area contributed by atoms with Crippen LogP contribution in [0.5, 0.6) is 0 Å². The van der Waals surface area contributed by atoms with Gasteiger partial charge in [-0.15, -0.1) is 6.42 Å². The van der Waals surface area contributed by atoms with Gasteiger partial charge >= 0.3 is 0 Å². The van der Waals surface area contributed by atoms with Crippen LogP contribution >= 0.6 is 0 Å². The van der Waals surface area contributed by atoms with Crippen LogP contribution in [0.2, 0.25) is 0 Å². The van der Waals surface area contributed by atoms with Crippen molar-refractivity contribution in [2.45, 2.75) is 52.6 Å². The van der Waals surface area contributed by atoms with Gasteiger partial charge in [-0.1, -0.05) is 68.0 Å². The van der Waals surface area contributed by atoms with E-state index in [2.05, 4.69) is 62.0 Å². The zero-order chi connectivity index (χ0) is 21.4. The molecule has 0 aliphatic heterocycles. The van der Waals surface area contributed by atoms with Crippen LogP contribution in [0.15, 0.2) is 72.6 Å². The lowest BCUT2D eigenvalue weighted by molar-refractivity contribution is 0.221. The van der Waals surface area contributed by atoms with Gasteiger partial charge in [0.15, 0.2) is 0 Å². The van der Waals surface area contributed by atoms with Crippen molar-refractivity contribution >= 4 is 0 Å². The highest BCUT2D eigenvalue weighted by Crippen LogP contribution is 2.26. The van der Waals surface area contributed by atoms with Crippen molar-refractivity contribution in [1.82, 2.24) is 5.32 Å². The molecule has 0 saturated heterocycles. The fraction of sp³-hybridized carbons (Fsp3) is 0.333. The van der Waals surface area contributed by atoms with E-state index < -0.39 is 5.67 Å². The average Bonchev–Trinajstić information content (AvgIpc) is 2.70. The van der Waals surface area contributed by atoms with Crippen LogP contribution in [0.25, 0.3) is 0 Å². The molecule has 2 aromatic carbocycles. The Kier molecular flexibility index (Phi) is 7.85.